The number of hydrogen-bond acceptors (Lipinski definition) is 7. The minimum absolute atomic E-state index is 0.0228. The summed E-state index contributed by atoms with van der Waals surface area (Å²) in [5.74, 6) is 2.77. The monoisotopic (exact) mass is 498 g/mol. The van der Waals surface area contributed by atoms with Crippen LogP contribution in [0.15, 0.2) is 40.9 Å². The second-order valence-corrected chi connectivity index (χ2v) is 10.8. The molecule has 1 fully saturated rings. The van der Waals surface area contributed by atoms with Crippen LogP contribution in [0.4, 0.5) is 0 Å². The number of amides is 1. The number of nitrogens with zero attached hydrogens (tertiary/aromatic N) is 3. The Morgan fingerprint density at radius 2 is 2.00 bits per heavy atom. The molecule has 0 unspecified atom stereocenters. The van der Waals surface area contributed by atoms with E-state index in [0.29, 0.717) is 25.0 Å². The second kappa shape index (κ2) is 10.8. The Labute approximate surface area is 208 Å². The van der Waals surface area contributed by atoms with E-state index in [1.807, 2.05) is 25.1 Å². The number of carbonyl (C=O) groups is 1. The lowest BCUT2D eigenvalue weighted by Crippen LogP contribution is -2.28. The van der Waals surface area contributed by atoms with E-state index in [1.54, 1.807) is 11.3 Å². The van der Waals surface area contributed by atoms with Crippen LogP contribution in [0.1, 0.15) is 67.4 Å². The van der Waals surface area contributed by atoms with E-state index >= 15 is 0 Å². The van der Waals surface area contributed by atoms with Gasteiger partial charge in [-0.3, -0.25) is 4.79 Å². The average Bonchev–Trinajstić information content (AvgIpc) is 3.53. The molecule has 3 heterocycles. The fourth-order valence-electron chi connectivity index (χ4n) is 4.63. The third-order valence-corrected chi connectivity index (χ3v) is 8.18. The summed E-state index contributed by atoms with van der Waals surface area (Å²) >= 11 is 3.22. The zero-order valence-corrected chi connectivity index (χ0v) is 21.0. The molecule has 7 nitrogen and oxygen atoms in total. The highest BCUT2D eigenvalue weighted by Gasteiger charge is 2.24. The van der Waals surface area contributed by atoms with E-state index in [1.165, 1.54) is 35.9 Å². The van der Waals surface area contributed by atoms with Crippen molar-refractivity contribution >= 4 is 29.0 Å². The summed E-state index contributed by atoms with van der Waals surface area (Å²) < 4.78 is 13.6. The molecule has 9 heteroatoms. The highest BCUT2D eigenvalue weighted by atomic mass is 32.2. The van der Waals surface area contributed by atoms with Crippen molar-refractivity contribution in [3.8, 4) is 11.5 Å². The lowest BCUT2D eigenvalue weighted by molar-refractivity contribution is -0.119. The number of thioether (sulfide) groups is 1. The average molecular weight is 499 g/mol. The summed E-state index contributed by atoms with van der Waals surface area (Å²) in [6.07, 6.45) is 6.85. The first-order valence-corrected chi connectivity index (χ1v) is 13.8. The van der Waals surface area contributed by atoms with Crippen LogP contribution in [0.3, 0.4) is 0 Å². The maximum atomic E-state index is 12.8. The van der Waals surface area contributed by atoms with Crippen LogP contribution in [0.2, 0.25) is 0 Å². The van der Waals surface area contributed by atoms with Gasteiger partial charge in [-0.2, -0.15) is 0 Å². The Kier molecular flexibility index (Phi) is 7.39. The van der Waals surface area contributed by atoms with E-state index in [-0.39, 0.29) is 11.9 Å². The van der Waals surface area contributed by atoms with Crippen LogP contribution in [-0.4, -0.2) is 39.6 Å². The predicted molar refractivity (Wildman–Crippen MR) is 134 cm³/mol. The molecule has 2 aromatic heterocycles. The largest absolute Gasteiger partial charge is 0.486 e. The van der Waals surface area contributed by atoms with Crippen molar-refractivity contribution in [1.29, 1.82) is 0 Å². The van der Waals surface area contributed by atoms with Gasteiger partial charge in [-0.25, -0.2) is 0 Å². The second-order valence-electron chi connectivity index (χ2n) is 8.80. The summed E-state index contributed by atoms with van der Waals surface area (Å²) in [6, 6.07) is 10.3. The Morgan fingerprint density at radius 3 is 2.79 bits per heavy atom. The van der Waals surface area contributed by atoms with Gasteiger partial charge in [0.15, 0.2) is 16.7 Å². The molecule has 1 saturated carbocycles. The molecule has 3 aromatic rings. The van der Waals surface area contributed by atoms with E-state index in [4.69, 9.17) is 9.47 Å². The summed E-state index contributed by atoms with van der Waals surface area (Å²) in [5.41, 5.74) is 0.992. The highest BCUT2D eigenvalue weighted by molar-refractivity contribution is 7.99. The molecule has 0 saturated heterocycles. The molecule has 1 aliphatic carbocycles. The maximum absolute atomic E-state index is 12.8. The predicted octanol–water partition coefficient (Wildman–Crippen LogP) is 5.18. The topological polar surface area (TPSA) is 78.3 Å². The number of ether oxygens (including phenoxy) is 2. The minimum atomic E-state index is -0.130. The molecular weight excluding hydrogens is 468 g/mol. The summed E-state index contributed by atoms with van der Waals surface area (Å²) in [5, 5.41) is 15.1. The van der Waals surface area contributed by atoms with Crippen molar-refractivity contribution in [2.24, 2.45) is 0 Å². The zero-order valence-electron chi connectivity index (χ0n) is 19.4. The molecule has 1 amide bonds. The van der Waals surface area contributed by atoms with Gasteiger partial charge in [-0.1, -0.05) is 43.2 Å². The third kappa shape index (κ3) is 5.41. The quantitative estimate of drug-likeness (QED) is 0.432. The number of hydrogen-bond donors (Lipinski definition) is 1. The van der Waals surface area contributed by atoms with Crippen molar-refractivity contribution in [2.45, 2.75) is 62.7 Å². The van der Waals surface area contributed by atoms with Gasteiger partial charge in [-0.15, -0.1) is 21.5 Å². The van der Waals surface area contributed by atoms with Crippen molar-refractivity contribution in [1.82, 2.24) is 20.1 Å². The molecular formula is C25H30N4O3S2. The summed E-state index contributed by atoms with van der Waals surface area (Å²) in [4.78, 5) is 14.1. The molecule has 1 aliphatic heterocycles. The van der Waals surface area contributed by atoms with Crippen LogP contribution < -0.4 is 14.8 Å². The van der Waals surface area contributed by atoms with E-state index < -0.39 is 0 Å². The van der Waals surface area contributed by atoms with Gasteiger partial charge in [0, 0.05) is 17.3 Å². The van der Waals surface area contributed by atoms with Crippen molar-refractivity contribution in [3.63, 3.8) is 0 Å². The van der Waals surface area contributed by atoms with E-state index in [0.717, 1.165) is 47.3 Å². The van der Waals surface area contributed by atoms with E-state index in [2.05, 4.69) is 37.6 Å². The standard InChI is InChI=1S/C25H30N4O3S2/c1-17(18-9-10-21-22(14-18)32-12-11-31-21)26-24(30)16-34-25-28-27-23(15-20-8-5-13-33-20)29(25)19-6-3-2-4-7-19/h5,8-10,13-14,17,19H,2-4,6-7,11-12,15-16H2,1H3,(H,26,30)/t17-/m1/s1. The van der Waals surface area contributed by atoms with Crippen molar-refractivity contribution in [3.05, 3.63) is 52.0 Å². The molecule has 5 rings (SSSR count). The number of fused-ring (bicyclic) bond motifs is 1. The smallest absolute Gasteiger partial charge is 0.230 e. The molecule has 0 radical (unpaired) electrons. The van der Waals surface area contributed by atoms with Crippen LogP contribution in [0.25, 0.3) is 0 Å². The molecule has 1 N–H and O–H groups in total. The maximum Gasteiger partial charge on any atom is 0.230 e. The fourth-order valence-corrected chi connectivity index (χ4v) is 6.16. The molecule has 1 atom stereocenters. The summed E-state index contributed by atoms with van der Waals surface area (Å²) in [7, 11) is 0. The van der Waals surface area contributed by atoms with Gasteiger partial charge in [-0.05, 0) is 48.9 Å². The van der Waals surface area contributed by atoms with Crippen LogP contribution in [-0.2, 0) is 11.2 Å². The third-order valence-electron chi connectivity index (χ3n) is 6.36. The lowest BCUT2D eigenvalue weighted by Gasteiger charge is -2.25. The Hall–Kier alpha value is -2.52. The normalized spacial score (nSPS) is 16.9. The number of benzene rings is 1. The zero-order chi connectivity index (χ0) is 23.3. The number of rotatable bonds is 8. The first-order chi connectivity index (χ1) is 16.7. The first-order valence-electron chi connectivity index (χ1n) is 12.0. The lowest BCUT2D eigenvalue weighted by atomic mass is 9.95. The minimum Gasteiger partial charge on any atom is -0.486 e. The molecule has 0 bridgehead atoms. The van der Waals surface area contributed by atoms with Gasteiger partial charge >= 0.3 is 0 Å². The van der Waals surface area contributed by atoms with Gasteiger partial charge in [0.25, 0.3) is 0 Å². The molecule has 0 spiro atoms. The van der Waals surface area contributed by atoms with Crippen molar-refractivity contribution < 1.29 is 14.3 Å². The van der Waals surface area contributed by atoms with Gasteiger partial charge in [0.2, 0.25) is 5.91 Å². The summed E-state index contributed by atoms with van der Waals surface area (Å²) in [6.45, 7) is 3.10. The van der Waals surface area contributed by atoms with Gasteiger partial charge < -0.3 is 19.4 Å². The highest BCUT2D eigenvalue weighted by Crippen LogP contribution is 2.34. The Bertz CT molecular complexity index is 1110. The first kappa shape index (κ1) is 23.2. The molecule has 180 valence electrons. The fraction of sp³-hybridized carbons (Fsp3) is 0.480. The van der Waals surface area contributed by atoms with Crippen LogP contribution >= 0.6 is 23.1 Å². The van der Waals surface area contributed by atoms with Crippen LogP contribution in [0, 0.1) is 0 Å². The number of thiophene rings is 1. The van der Waals surface area contributed by atoms with Crippen LogP contribution in [0.5, 0.6) is 11.5 Å². The number of nitrogens with one attached hydrogen (secondary N) is 1. The molecule has 34 heavy (non-hydrogen) atoms. The van der Waals surface area contributed by atoms with Crippen molar-refractivity contribution in [2.75, 3.05) is 19.0 Å². The van der Waals surface area contributed by atoms with Gasteiger partial charge in [0.1, 0.15) is 19.0 Å². The Balaban J connectivity index is 1.24. The van der Waals surface area contributed by atoms with Gasteiger partial charge in [0.05, 0.1) is 11.8 Å². The molecule has 1 aromatic carbocycles. The molecule has 2 aliphatic rings. The number of aromatic nitrogens is 3. The Morgan fingerprint density at radius 1 is 1.18 bits per heavy atom. The van der Waals surface area contributed by atoms with E-state index in [9.17, 15) is 4.79 Å². The SMILES string of the molecule is C[C@@H](NC(=O)CSc1nnc(Cc2cccs2)n1C1CCCCC1)c1ccc2c(c1)OCCO2. The number of carbonyl (C=O) groups excluding carboxylic acids is 1.